The molecule has 0 radical (unpaired) electrons. The topological polar surface area (TPSA) is 84.9 Å². The number of benzene rings is 2. The molecular formula is C18H19ClN2O5S. The SMILES string of the molecule is C[C@@H](C(=O)Nc1ccccc1Cl)N(c1ccc2c(c1)OCCO2)S(C)(=O)=O. The van der Waals surface area contributed by atoms with Crippen LogP contribution in [0.1, 0.15) is 6.92 Å². The fourth-order valence-corrected chi connectivity index (χ4v) is 4.13. The largest absolute Gasteiger partial charge is 0.486 e. The molecule has 1 aliphatic rings. The first-order valence-electron chi connectivity index (χ1n) is 8.22. The van der Waals surface area contributed by atoms with Crippen molar-refractivity contribution in [2.24, 2.45) is 0 Å². The molecule has 0 aromatic heterocycles. The highest BCUT2D eigenvalue weighted by molar-refractivity contribution is 7.92. The number of carbonyl (C=O) groups is 1. The molecule has 2 aromatic rings. The van der Waals surface area contributed by atoms with Crippen molar-refractivity contribution >= 4 is 38.9 Å². The molecular weight excluding hydrogens is 392 g/mol. The van der Waals surface area contributed by atoms with Gasteiger partial charge < -0.3 is 14.8 Å². The highest BCUT2D eigenvalue weighted by Gasteiger charge is 2.30. The summed E-state index contributed by atoms with van der Waals surface area (Å²) >= 11 is 6.06. The Bertz CT molecular complexity index is 964. The van der Waals surface area contributed by atoms with E-state index in [1.54, 1.807) is 42.5 Å². The van der Waals surface area contributed by atoms with E-state index in [0.717, 1.165) is 10.6 Å². The number of anilines is 2. The molecule has 144 valence electrons. The number of para-hydroxylation sites is 1. The van der Waals surface area contributed by atoms with Gasteiger partial charge >= 0.3 is 0 Å². The van der Waals surface area contributed by atoms with Crippen LogP contribution in [0, 0.1) is 0 Å². The Balaban J connectivity index is 1.91. The lowest BCUT2D eigenvalue weighted by Crippen LogP contribution is -2.45. The van der Waals surface area contributed by atoms with E-state index in [-0.39, 0.29) is 0 Å². The summed E-state index contributed by atoms with van der Waals surface area (Å²) in [5.74, 6) is 0.459. The van der Waals surface area contributed by atoms with E-state index in [1.165, 1.54) is 6.92 Å². The first-order chi connectivity index (χ1) is 12.8. The second-order valence-corrected chi connectivity index (χ2v) is 8.30. The van der Waals surface area contributed by atoms with Gasteiger partial charge in [-0.15, -0.1) is 0 Å². The van der Waals surface area contributed by atoms with Crippen LogP contribution in [-0.2, 0) is 14.8 Å². The highest BCUT2D eigenvalue weighted by Crippen LogP contribution is 2.35. The summed E-state index contributed by atoms with van der Waals surface area (Å²) in [6, 6.07) is 10.5. The molecule has 0 aliphatic carbocycles. The number of nitrogens with zero attached hydrogens (tertiary/aromatic N) is 1. The van der Waals surface area contributed by atoms with E-state index in [9.17, 15) is 13.2 Å². The number of fused-ring (bicyclic) bond motifs is 1. The molecule has 2 aromatic carbocycles. The summed E-state index contributed by atoms with van der Waals surface area (Å²) in [6.45, 7) is 2.31. The number of ether oxygens (including phenoxy) is 2. The second kappa shape index (κ2) is 7.66. The third-order valence-corrected chi connectivity index (χ3v) is 5.57. The number of hydrogen-bond donors (Lipinski definition) is 1. The van der Waals surface area contributed by atoms with Gasteiger partial charge in [0, 0.05) is 6.07 Å². The summed E-state index contributed by atoms with van der Waals surface area (Å²) in [4.78, 5) is 12.7. The van der Waals surface area contributed by atoms with Crippen LogP contribution in [0.25, 0.3) is 0 Å². The predicted molar refractivity (Wildman–Crippen MR) is 104 cm³/mol. The van der Waals surface area contributed by atoms with Crippen LogP contribution in [0.5, 0.6) is 11.5 Å². The quantitative estimate of drug-likeness (QED) is 0.819. The summed E-state index contributed by atoms with van der Waals surface area (Å²) in [6.07, 6.45) is 1.04. The Morgan fingerprint density at radius 1 is 1.15 bits per heavy atom. The van der Waals surface area contributed by atoms with Gasteiger partial charge in [0.05, 0.1) is 22.7 Å². The van der Waals surface area contributed by atoms with Gasteiger partial charge in [-0.2, -0.15) is 0 Å². The number of nitrogens with one attached hydrogen (secondary N) is 1. The zero-order valence-electron chi connectivity index (χ0n) is 14.8. The Labute approximate surface area is 162 Å². The molecule has 27 heavy (non-hydrogen) atoms. The zero-order chi connectivity index (χ0) is 19.6. The van der Waals surface area contributed by atoms with E-state index >= 15 is 0 Å². The third-order valence-electron chi connectivity index (χ3n) is 4.00. The molecule has 0 saturated heterocycles. The van der Waals surface area contributed by atoms with Gasteiger partial charge in [-0.1, -0.05) is 23.7 Å². The number of sulfonamides is 1. The lowest BCUT2D eigenvalue weighted by atomic mass is 10.2. The van der Waals surface area contributed by atoms with Crippen molar-refractivity contribution in [2.45, 2.75) is 13.0 Å². The molecule has 0 saturated carbocycles. The predicted octanol–water partition coefficient (Wildman–Crippen LogP) is 2.90. The minimum atomic E-state index is -3.75. The van der Waals surface area contributed by atoms with Crippen LogP contribution < -0.4 is 19.1 Å². The highest BCUT2D eigenvalue weighted by atomic mass is 35.5. The summed E-state index contributed by atoms with van der Waals surface area (Å²) < 4.78 is 36.8. The number of carbonyl (C=O) groups excluding carboxylic acids is 1. The Morgan fingerprint density at radius 3 is 2.48 bits per heavy atom. The number of hydrogen-bond acceptors (Lipinski definition) is 5. The smallest absolute Gasteiger partial charge is 0.248 e. The zero-order valence-corrected chi connectivity index (χ0v) is 16.4. The maximum absolute atomic E-state index is 12.7. The van der Waals surface area contributed by atoms with Crippen LogP contribution in [0.15, 0.2) is 42.5 Å². The molecule has 9 heteroatoms. The fraction of sp³-hybridized carbons (Fsp3) is 0.278. The lowest BCUT2D eigenvalue weighted by molar-refractivity contribution is -0.116. The minimum Gasteiger partial charge on any atom is -0.486 e. The average molecular weight is 411 g/mol. The summed E-state index contributed by atoms with van der Waals surface area (Å²) in [7, 11) is -3.75. The lowest BCUT2D eigenvalue weighted by Gasteiger charge is -2.29. The van der Waals surface area contributed by atoms with Crippen LogP contribution >= 0.6 is 11.6 Å². The fourth-order valence-electron chi connectivity index (χ4n) is 2.78. The maximum atomic E-state index is 12.7. The van der Waals surface area contributed by atoms with Gasteiger partial charge in [-0.05, 0) is 31.2 Å². The van der Waals surface area contributed by atoms with Gasteiger partial charge in [-0.3, -0.25) is 9.10 Å². The first kappa shape index (κ1) is 19.3. The van der Waals surface area contributed by atoms with Gasteiger partial charge in [-0.25, -0.2) is 8.42 Å². The van der Waals surface area contributed by atoms with Crippen molar-refractivity contribution in [1.29, 1.82) is 0 Å². The van der Waals surface area contributed by atoms with Crippen molar-refractivity contribution in [1.82, 2.24) is 0 Å². The standard InChI is InChI=1S/C18H19ClN2O5S/c1-12(18(22)20-15-6-4-3-5-14(15)19)21(27(2,23)24)13-7-8-16-17(11-13)26-10-9-25-16/h3-8,11-12H,9-10H2,1-2H3,(H,20,22)/t12-/m0/s1. The van der Waals surface area contributed by atoms with Crippen molar-refractivity contribution in [2.75, 3.05) is 29.1 Å². The van der Waals surface area contributed by atoms with Crippen LogP contribution in [0.2, 0.25) is 5.02 Å². The van der Waals surface area contributed by atoms with Crippen LogP contribution in [0.3, 0.4) is 0 Å². The minimum absolute atomic E-state index is 0.309. The molecule has 1 heterocycles. The van der Waals surface area contributed by atoms with Crippen molar-refractivity contribution in [3.05, 3.63) is 47.5 Å². The summed E-state index contributed by atoms with van der Waals surface area (Å²) in [5, 5.41) is 3.03. The molecule has 7 nitrogen and oxygen atoms in total. The van der Waals surface area contributed by atoms with E-state index in [0.29, 0.717) is 41.1 Å². The van der Waals surface area contributed by atoms with Crippen LogP contribution in [-0.4, -0.2) is 39.8 Å². The van der Waals surface area contributed by atoms with E-state index in [4.69, 9.17) is 21.1 Å². The summed E-state index contributed by atoms with van der Waals surface area (Å²) in [5.41, 5.74) is 0.718. The normalized spacial score (nSPS) is 14.3. The average Bonchev–Trinajstić information content (AvgIpc) is 2.62. The van der Waals surface area contributed by atoms with Gasteiger partial charge in [0.1, 0.15) is 19.3 Å². The third kappa shape index (κ3) is 4.28. The number of rotatable bonds is 5. The Hall–Kier alpha value is -2.45. The van der Waals surface area contributed by atoms with E-state index < -0.39 is 22.0 Å². The molecule has 1 N–H and O–H groups in total. The van der Waals surface area contributed by atoms with Crippen molar-refractivity contribution < 1.29 is 22.7 Å². The van der Waals surface area contributed by atoms with E-state index in [2.05, 4.69) is 5.32 Å². The molecule has 0 spiro atoms. The molecule has 1 atom stereocenters. The second-order valence-electron chi connectivity index (χ2n) is 6.03. The van der Waals surface area contributed by atoms with Crippen LogP contribution in [0.4, 0.5) is 11.4 Å². The Kier molecular flexibility index (Phi) is 5.48. The molecule has 0 fully saturated rings. The molecule has 0 unspecified atom stereocenters. The number of amides is 1. The Morgan fingerprint density at radius 2 is 1.81 bits per heavy atom. The van der Waals surface area contributed by atoms with E-state index in [1.807, 2.05) is 0 Å². The van der Waals surface area contributed by atoms with Crippen molar-refractivity contribution in [3.8, 4) is 11.5 Å². The van der Waals surface area contributed by atoms with Gasteiger partial charge in [0.2, 0.25) is 15.9 Å². The molecule has 1 amide bonds. The van der Waals surface area contributed by atoms with Crippen molar-refractivity contribution in [3.63, 3.8) is 0 Å². The van der Waals surface area contributed by atoms with Gasteiger partial charge in [0.15, 0.2) is 11.5 Å². The molecule has 3 rings (SSSR count). The first-order valence-corrected chi connectivity index (χ1v) is 10.4. The molecule has 1 aliphatic heterocycles. The number of halogens is 1. The maximum Gasteiger partial charge on any atom is 0.248 e. The van der Waals surface area contributed by atoms with Gasteiger partial charge in [0.25, 0.3) is 0 Å². The monoisotopic (exact) mass is 410 g/mol. The molecule has 0 bridgehead atoms.